The predicted molar refractivity (Wildman–Crippen MR) is 102 cm³/mol. The molecular formula is C21H26FN3O3. The van der Waals surface area contributed by atoms with Crippen molar-refractivity contribution in [2.75, 3.05) is 6.54 Å². The molecule has 0 spiro atoms. The van der Waals surface area contributed by atoms with Crippen LogP contribution < -0.4 is 16.0 Å². The summed E-state index contributed by atoms with van der Waals surface area (Å²) in [4.78, 5) is 36.7. The maximum absolute atomic E-state index is 14.4. The first-order valence-electron chi connectivity index (χ1n) is 9.71. The van der Waals surface area contributed by atoms with Crippen molar-refractivity contribution in [1.82, 2.24) is 16.0 Å². The Labute approximate surface area is 164 Å². The lowest BCUT2D eigenvalue weighted by atomic mass is 9.72. The number of benzene rings is 1. The van der Waals surface area contributed by atoms with E-state index in [2.05, 4.69) is 22.5 Å². The summed E-state index contributed by atoms with van der Waals surface area (Å²) in [5.41, 5.74) is -0.0745. The van der Waals surface area contributed by atoms with Crippen LogP contribution in [0.2, 0.25) is 0 Å². The average Bonchev–Trinajstić information content (AvgIpc) is 3.35. The first kappa shape index (κ1) is 20.0. The number of hydrogen-bond acceptors (Lipinski definition) is 3. The molecule has 1 saturated heterocycles. The minimum absolute atomic E-state index is 0.0196. The highest BCUT2D eigenvalue weighted by Gasteiger charge is 2.54. The van der Waals surface area contributed by atoms with Crippen molar-refractivity contribution in [3.05, 3.63) is 47.8 Å². The van der Waals surface area contributed by atoms with Crippen molar-refractivity contribution in [2.45, 2.75) is 45.2 Å². The lowest BCUT2D eigenvalue weighted by molar-refractivity contribution is -0.144. The van der Waals surface area contributed by atoms with Crippen LogP contribution in [0.1, 0.15) is 43.2 Å². The van der Waals surface area contributed by atoms with Crippen LogP contribution in [-0.4, -0.2) is 24.3 Å². The highest BCUT2D eigenvalue weighted by molar-refractivity contribution is 6.06. The van der Waals surface area contributed by atoms with Crippen LogP contribution >= 0.6 is 0 Å². The van der Waals surface area contributed by atoms with E-state index in [1.165, 1.54) is 6.07 Å². The van der Waals surface area contributed by atoms with Gasteiger partial charge in [-0.2, -0.15) is 0 Å². The van der Waals surface area contributed by atoms with E-state index in [-0.39, 0.29) is 36.7 Å². The van der Waals surface area contributed by atoms with Gasteiger partial charge < -0.3 is 16.0 Å². The lowest BCUT2D eigenvalue weighted by Gasteiger charge is -2.31. The molecule has 3 amide bonds. The molecule has 150 valence electrons. The first-order chi connectivity index (χ1) is 13.5. The summed E-state index contributed by atoms with van der Waals surface area (Å²) >= 11 is 0. The third-order valence-electron chi connectivity index (χ3n) is 5.88. The van der Waals surface area contributed by atoms with Gasteiger partial charge in [0.05, 0.1) is 0 Å². The van der Waals surface area contributed by atoms with Crippen molar-refractivity contribution in [3.8, 4) is 0 Å². The molecule has 1 saturated carbocycles. The van der Waals surface area contributed by atoms with Crippen LogP contribution in [0.15, 0.2) is 30.9 Å². The molecule has 3 N–H and O–H groups in total. The van der Waals surface area contributed by atoms with E-state index < -0.39 is 11.2 Å². The molecule has 0 radical (unpaired) electrons. The Morgan fingerprint density at radius 3 is 2.61 bits per heavy atom. The van der Waals surface area contributed by atoms with E-state index in [4.69, 9.17) is 0 Å². The molecular weight excluding hydrogens is 361 g/mol. The zero-order chi connectivity index (χ0) is 20.1. The minimum atomic E-state index is -1.03. The Bertz CT molecular complexity index is 789. The van der Waals surface area contributed by atoms with Crippen molar-refractivity contribution >= 4 is 17.7 Å². The topological polar surface area (TPSA) is 87.3 Å². The van der Waals surface area contributed by atoms with Crippen molar-refractivity contribution in [2.24, 2.45) is 11.3 Å². The number of hydrogen-bond donors (Lipinski definition) is 3. The largest absolute Gasteiger partial charge is 0.355 e. The van der Waals surface area contributed by atoms with Gasteiger partial charge in [0.1, 0.15) is 11.2 Å². The molecule has 1 atom stereocenters. The fraction of sp³-hybridized carbons (Fsp3) is 0.476. The molecule has 1 aliphatic carbocycles. The summed E-state index contributed by atoms with van der Waals surface area (Å²) in [6.45, 7) is 4.08. The summed E-state index contributed by atoms with van der Waals surface area (Å²) in [6.07, 6.45) is 5.46. The van der Waals surface area contributed by atoms with Crippen LogP contribution in [0.5, 0.6) is 0 Å². The second-order valence-corrected chi connectivity index (χ2v) is 7.49. The Morgan fingerprint density at radius 2 is 2.00 bits per heavy atom. The second-order valence-electron chi connectivity index (χ2n) is 7.49. The van der Waals surface area contributed by atoms with E-state index in [1.54, 1.807) is 12.1 Å². The second kappa shape index (κ2) is 8.54. The average molecular weight is 387 g/mol. The first-order valence-corrected chi connectivity index (χ1v) is 9.71. The van der Waals surface area contributed by atoms with Crippen LogP contribution in [0.3, 0.4) is 0 Å². The van der Waals surface area contributed by atoms with E-state index in [0.717, 1.165) is 31.8 Å². The third-order valence-corrected chi connectivity index (χ3v) is 5.88. The Morgan fingerprint density at radius 1 is 1.25 bits per heavy atom. The van der Waals surface area contributed by atoms with Gasteiger partial charge in [-0.25, -0.2) is 4.39 Å². The Kier molecular flexibility index (Phi) is 6.11. The molecule has 3 rings (SSSR count). The van der Waals surface area contributed by atoms with E-state index in [1.807, 2.05) is 0 Å². The van der Waals surface area contributed by atoms with Gasteiger partial charge in [-0.1, -0.05) is 31.6 Å². The lowest BCUT2D eigenvalue weighted by Crippen LogP contribution is -2.50. The Hall–Kier alpha value is -2.70. The molecule has 1 unspecified atom stereocenters. The monoisotopic (exact) mass is 387 g/mol. The van der Waals surface area contributed by atoms with Gasteiger partial charge in [0, 0.05) is 25.2 Å². The van der Waals surface area contributed by atoms with Crippen LogP contribution in [-0.2, 0) is 27.5 Å². The smallest absolute Gasteiger partial charge is 0.243 e. The summed E-state index contributed by atoms with van der Waals surface area (Å²) in [5, 5.41) is 8.17. The molecule has 1 aliphatic heterocycles. The summed E-state index contributed by atoms with van der Waals surface area (Å²) in [7, 11) is 0. The van der Waals surface area contributed by atoms with E-state index in [9.17, 15) is 18.8 Å². The van der Waals surface area contributed by atoms with Gasteiger partial charge in [0.25, 0.3) is 0 Å². The van der Waals surface area contributed by atoms with Crippen molar-refractivity contribution in [3.63, 3.8) is 0 Å². The molecule has 2 fully saturated rings. The van der Waals surface area contributed by atoms with Gasteiger partial charge in [0.2, 0.25) is 17.7 Å². The molecule has 2 aliphatic rings. The van der Waals surface area contributed by atoms with Crippen LogP contribution in [0.4, 0.5) is 4.39 Å². The fourth-order valence-corrected chi connectivity index (χ4v) is 4.29. The summed E-state index contributed by atoms with van der Waals surface area (Å²) < 4.78 is 14.4. The number of halogens is 1. The maximum atomic E-state index is 14.4. The molecule has 0 bridgehead atoms. The van der Waals surface area contributed by atoms with Gasteiger partial charge in [-0.3, -0.25) is 14.4 Å². The van der Waals surface area contributed by atoms with Crippen LogP contribution in [0, 0.1) is 17.2 Å². The van der Waals surface area contributed by atoms with E-state index in [0.29, 0.717) is 24.1 Å². The molecule has 6 nitrogen and oxygen atoms in total. The van der Waals surface area contributed by atoms with Crippen molar-refractivity contribution in [1.29, 1.82) is 0 Å². The van der Waals surface area contributed by atoms with Crippen molar-refractivity contribution < 1.29 is 18.8 Å². The molecule has 1 aromatic carbocycles. The zero-order valence-electron chi connectivity index (χ0n) is 15.9. The number of carbonyl (C=O) groups is 3. The molecule has 1 heterocycles. The third kappa shape index (κ3) is 3.93. The number of amides is 3. The highest BCUT2D eigenvalue weighted by Crippen LogP contribution is 2.44. The molecule has 1 aromatic rings. The normalized spacial score (nSPS) is 22.0. The molecule has 0 aromatic heterocycles. The minimum Gasteiger partial charge on any atom is -0.355 e. The van der Waals surface area contributed by atoms with E-state index >= 15 is 0 Å². The Balaban J connectivity index is 1.65. The summed E-state index contributed by atoms with van der Waals surface area (Å²) in [5.74, 6) is -1.25. The SMILES string of the molecule is C=CC(=O)NCc1ccc(CNC(=O)C2(C3CCCC3)CCNC2=O)c(F)c1. The summed E-state index contributed by atoms with van der Waals surface area (Å²) in [6, 6.07) is 4.62. The molecule has 7 heteroatoms. The quantitative estimate of drug-likeness (QED) is 0.494. The van der Waals surface area contributed by atoms with Gasteiger partial charge in [-0.05, 0) is 42.9 Å². The van der Waals surface area contributed by atoms with Crippen LogP contribution in [0.25, 0.3) is 0 Å². The van der Waals surface area contributed by atoms with Gasteiger partial charge in [0.15, 0.2) is 0 Å². The predicted octanol–water partition coefficient (Wildman–Crippen LogP) is 1.94. The zero-order valence-corrected chi connectivity index (χ0v) is 15.9. The van der Waals surface area contributed by atoms with Gasteiger partial charge >= 0.3 is 0 Å². The standard InChI is InChI=1S/C21H26FN3O3/c1-2-18(26)24-12-14-7-8-15(17(22)11-14)13-25-20(28)21(9-10-23-19(21)27)16-5-3-4-6-16/h2,7-8,11,16H,1,3-6,9-10,12-13H2,(H,23,27)(H,24,26)(H,25,28). The highest BCUT2D eigenvalue weighted by atomic mass is 19.1. The fourth-order valence-electron chi connectivity index (χ4n) is 4.29. The number of rotatable bonds is 7. The number of carbonyl (C=O) groups excluding carboxylic acids is 3. The maximum Gasteiger partial charge on any atom is 0.243 e. The molecule has 28 heavy (non-hydrogen) atoms. The van der Waals surface area contributed by atoms with Gasteiger partial charge in [-0.15, -0.1) is 0 Å². The number of nitrogens with one attached hydrogen (secondary N) is 3.